The van der Waals surface area contributed by atoms with Gasteiger partial charge in [-0.2, -0.15) is 0 Å². The van der Waals surface area contributed by atoms with Crippen LogP contribution in [0.4, 0.5) is 0 Å². The van der Waals surface area contributed by atoms with E-state index in [1.807, 2.05) is 6.92 Å². The van der Waals surface area contributed by atoms with E-state index in [4.69, 9.17) is 17.3 Å². The molecule has 0 spiro atoms. The summed E-state index contributed by atoms with van der Waals surface area (Å²) in [5.74, 6) is 0.963. The monoisotopic (exact) mass is 139 g/mol. The van der Waals surface area contributed by atoms with Crippen LogP contribution in [0.3, 0.4) is 0 Å². The molecule has 0 aliphatic carbocycles. The van der Waals surface area contributed by atoms with Gasteiger partial charge >= 0.3 is 0 Å². The summed E-state index contributed by atoms with van der Waals surface area (Å²) in [4.78, 5) is 0. The Morgan fingerprint density at radius 2 is 2.43 bits per heavy atom. The van der Waals surface area contributed by atoms with Crippen LogP contribution in [0.1, 0.15) is 6.92 Å². The zero-order chi connectivity index (χ0) is 5.70. The summed E-state index contributed by atoms with van der Waals surface area (Å²) in [5.41, 5.74) is 5.20. The number of alkyl halides is 1. The van der Waals surface area contributed by atoms with Crippen molar-refractivity contribution < 1.29 is 0 Å². The van der Waals surface area contributed by atoms with Gasteiger partial charge in [0, 0.05) is 12.3 Å². The first kappa shape index (κ1) is 7.60. The van der Waals surface area contributed by atoms with Gasteiger partial charge in [0.2, 0.25) is 0 Å². The molecule has 0 aliphatic rings. The lowest BCUT2D eigenvalue weighted by atomic mass is 10.8. The zero-order valence-electron chi connectivity index (χ0n) is 4.36. The molecule has 7 heavy (non-hydrogen) atoms. The van der Waals surface area contributed by atoms with Crippen LogP contribution >= 0.6 is 23.4 Å². The lowest BCUT2D eigenvalue weighted by Gasteiger charge is -1.97. The molecule has 0 saturated heterocycles. The van der Waals surface area contributed by atoms with Gasteiger partial charge in [-0.15, -0.1) is 23.4 Å². The van der Waals surface area contributed by atoms with E-state index in [2.05, 4.69) is 0 Å². The molecule has 0 bridgehead atoms. The molecule has 0 saturated carbocycles. The number of rotatable bonds is 3. The van der Waals surface area contributed by atoms with E-state index >= 15 is 0 Å². The van der Waals surface area contributed by atoms with Crippen molar-refractivity contribution in [2.24, 2.45) is 5.73 Å². The van der Waals surface area contributed by atoms with Crippen molar-refractivity contribution in [3.8, 4) is 0 Å². The molecule has 0 aromatic carbocycles. The minimum atomic E-state index is 0.212. The van der Waals surface area contributed by atoms with Crippen LogP contribution in [0.5, 0.6) is 0 Å². The summed E-state index contributed by atoms with van der Waals surface area (Å²) >= 11 is 7.24. The molecule has 1 nitrogen and oxygen atoms in total. The van der Waals surface area contributed by atoms with Crippen molar-refractivity contribution in [2.45, 2.75) is 11.6 Å². The molecule has 0 aliphatic heterocycles. The van der Waals surface area contributed by atoms with Crippen molar-refractivity contribution >= 4 is 23.4 Å². The second-order valence-corrected chi connectivity index (χ2v) is 3.56. The summed E-state index contributed by atoms with van der Waals surface area (Å²) in [6.07, 6.45) is 0. The molecule has 2 N–H and O–H groups in total. The average Bonchev–Trinajstić information content (AvgIpc) is 1.61. The fourth-order valence-electron chi connectivity index (χ4n) is 0.230. The third-order valence-corrected chi connectivity index (χ3v) is 1.77. The number of hydrogen-bond donors (Lipinski definition) is 1. The van der Waals surface area contributed by atoms with Crippen molar-refractivity contribution in [3.63, 3.8) is 0 Å². The van der Waals surface area contributed by atoms with Gasteiger partial charge in [0.1, 0.15) is 0 Å². The molecule has 0 fully saturated rings. The maximum Gasteiger partial charge on any atom is 0.0761 e. The summed E-state index contributed by atoms with van der Waals surface area (Å²) in [7, 11) is 0. The van der Waals surface area contributed by atoms with Crippen LogP contribution in [0.25, 0.3) is 0 Å². The topological polar surface area (TPSA) is 26.0 Å². The molecular weight excluding hydrogens is 130 g/mol. The van der Waals surface area contributed by atoms with Gasteiger partial charge in [-0.05, 0) is 6.92 Å². The van der Waals surface area contributed by atoms with E-state index in [1.54, 1.807) is 11.8 Å². The second kappa shape index (κ2) is 4.75. The summed E-state index contributed by atoms with van der Waals surface area (Å²) in [6, 6.07) is 0. The van der Waals surface area contributed by atoms with Crippen molar-refractivity contribution in [1.29, 1.82) is 0 Å². The highest BCUT2D eigenvalue weighted by Gasteiger charge is 1.91. The van der Waals surface area contributed by atoms with Crippen LogP contribution in [-0.2, 0) is 0 Å². The molecule has 1 atom stereocenters. The molecule has 0 heterocycles. The molecule has 0 aromatic heterocycles. The molecular formula is C4H10ClNS. The van der Waals surface area contributed by atoms with E-state index < -0.39 is 0 Å². The van der Waals surface area contributed by atoms with Crippen molar-refractivity contribution in [1.82, 2.24) is 0 Å². The van der Waals surface area contributed by atoms with Gasteiger partial charge in [-0.1, -0.05) is 0 Å². The van der Waals surface area contributed by atoms with Crippen molar-refractivity contribution in [2.75, 3.05) is 12.3 Å². The summed E-state index contributed by atoms with van der Waals surface area (Å²) in [6.45, 7) is 2.67. The zero-order valence-corrected chi connectivity index (χ0v) is 5.93. The highest BCUT2D eigenvalue weighted by molar-refractivity contribution is 8.01. The highest BCUT2D eigenvalue weighted by Crippen LogP contribution is 2.11. The van der Waals surface area contributed by atoms with E-state index in [0.717, 1.165) is 12.3 Å². The first-order chi connectivity index (χ1) is 3.27. The smallest absolute Gasteiger partial charge is 0.0761 e. The van der Waals surface area contributed by atoms with Crippen LogP contribution < -0.4 is 5.73 Å². The van der Waals surface area contributed by atoms with Crippen molar-refractivity contribution in [3.05, 3.63) is 0 Å². The van der Waals surface area contributed by atoms with Crippen LogP contribution in [0.2, 0.25) is 0 Å². The lowest BCUT2D eigenvalue weighted by Crippen LogP contribution is -2.02. The normalized spacial score (nSPS) is 14.1. The van der Waals surface area contributed by atoms with Gasteiger partial charge in [0.05, 0.1) is 4.71 Å². The average molecular weight is 140 g/mol. The first-order valence-corrected chi connectivity index (χ1v) is 3.71. The van der Waals surface area contributed by atoms with E-state index in [9.17, 15) is 0 Å². The fourth-order valence-corrected chi connectivity index (χ4v) is 0.959. The van der Waals surface area contributed by atoms with Crippen LogP contribution in [0.15, 0.2) is 0 Å². The molecule has 3 heteroatoms. The fraction of sp³-hybridized carbons (Fsp3) is 1.00. The SMILES string of the molecule is CC(Cl)SCCN. The van der Waals surface area contributed by atoms with E-state index in [0.29, 0.717) is 0 Å². The van der Waals surface area contributed by atoms with Crippen LogP contribution in [-0.4, -0.2) is 17.0 Å². The molecule has 1 unspecified atom stereocenters. The Labute approximate surface area is 53.6 Å². The molecule has 0 radical (unpaired) electrons. The number of halogens is 1. The Bertz CT molecular complexity index is 40.7. The van der Waals surface area contributed by atoms with E-state index in [1.165, 1.54) is 0 Å². The maximum absolute atomic E-state index is 5.56. The molecule has 0 amide bonds. The Hall–Kier alpha value is 0.600. The van der Waals surface area contributed by atoms with Gasteiger partial charge < -0.3 is 5.73 Å². The quantitative estimate of drug-likeness (QED) is 0.596. The molecule has 0 rings (SSSR count). The Morgan fingerprint density at radius 3 is 2.57 bits per heavy atom. The maximum atomic E-state index is 5.56. The predicted octanol–water partition coefficient (Wildman–Crippen LogP) is 1.26. The molecule has 0 aromatic rings. The Balaban J connectivity index is 2.68. The lowest BCUT2D eigenvalue weighted by molar-refractivity contribution is 1.15. The third-order valence-electron chi connectivity index (χ3n) is 0.465. The summed E-state index contributed by atoms with van der Waals surface area (Å²) in [5, 5.41) is 0. The number of thioether (sulfide) groups is 1. The van der Waals surface area contributed by atoms with Gasteiger partial charge in [0.25, 0.3) is 0 Å². The first-order valence-electron chi connectivity index (χ1n) is 2.23. The van der Waals surface area contributed by atoms with E-state index in [-0.39, 0.29) is 4.71 Å². The van der Waals surface area contributed by atoms with Gasteiger partial charge in [0.15, 0.2) is 0 Å². The number of nitrogens with two attached hydrogens (primary N) is 1. The second-order valence-electron chi connectivity index (χ2n) is 1.20. The Kier molecular flexibility index (Phi) is 5.16. The van der Waals surface area contributed by atoms with Gasteiger partial charge in [-0.3, -0.25) is 0 Å². The van der Waals surface area contributed by atoms with Gasteiger partial charge in [-0.25, -0.2) is 0 Å². The molecule has 44 valence electrons. The Morgan fingerprint density at radius 1 is 1.86 bits per heavy atom. The van der Waals surface area contributed by atoms with Crippen LogP contribution in [0, 0.1) is 0 Å². The number of hydrogen-bond acceptors (Lipinski definition) is 2. The highest BCUT2D eigenvalue weighted by atomic mass is 35.5. The minimum absolute atomic E-state index is 0.212. The standard InChI is InChI=1S/C4H10ClNS/c1-4(5)7-3-2-6/h4H,2-3,6H2,1H3. The predicted molar refractivity (Wildman–Crippen MR) is 36.8 cm³/mol. The summed E-state index contributed by atoms with van der Waals surface area (Å²) < 4.78 is 0.212. The largest absolute Gasteiger partial charge is 0.330 e. The minimum Gasteiger partial charge on any atom is -0.330 e. The third kappa shape index (κ3) is 6.60.